The van der Waals surface area contributed by atoms with Crippen molar-refractivity contribution in [3.05, 3.63) is 11.9 Å². The Morgan fingerprint density at radius 3 is 2.45 bits per heavy atom. The molecule has 0 saturated carbocycles. The molecule has 0 fully saturated rings. The van der Waals surface area contributed by atoms with Crippen LogP contribution in [0, 0.1) is 0 Å². The van der Waals surface area contributed by atoms with E-state index >= 15 is 0 Å². The molecule has 5 heteroatoms. The van der Waals surface area contributed by atoms with Crippen LogP contribution in [0.1, 0.15) is 62.4 Å². The lowest BCUT2D eigenvalue weighted by atomic mass is 10.1. The number of hydrogen-bond donors (Lipinski definition) is 0. The summed E-state index contributed by atoms with van der Waals surface area (Å²) in [6.07, 6.45) is 8.84. The summed E-state index contributed by atoms with van der Waals surface area (Å²) < 4.78 is 10.1. The monoisotopic (exact) mass is 280 g/mol. The molecule has 0 amide bonds. The molecule has 0 aliphatic carbocycles. The van der Waals surface area contributed by atoms with E-state index < -0.39 is 0 Å². The Balaban J connectivity index is 2.46. The van der Waals surface area contributed by atoms with Gasteiger partial charge in [-0.3, -0.25) is 4.79 Å². The molecule has 0 radical (unpaired) electrons. The molecule has 1 aromatic rings. The van der Waals surface area contributed by atoms with Crippen LogP contribution in [0.2, 0.25) is 0 Å². The van der Waals surface area contributed by atoms with Crippen LogP contribution in [0.25, 0.3) is 0 Å². The fourth-order valence-electron chi connectivity index (χ4n) is 1.97. The van der Waals surface area contributed by atoms with Gasteiger partial charge in [0.25, 0.3) is 0 Å². The molecule has 1 heterocycles. The Morgan fingerprint density at radius 1 is 1.10 bits per heavy atom. The number of nitrogens with zero attached hydrogens (tertiary/aromatic N) is 2. The van der Waals surface area contributed by atoms with Gasteiger partial charge in [0, 0.05) is 6.42 Å². The van der Waals surface area contributed by atoms with Crippen LogP contribution < -0.4 is 9.47 Å². The third-order valence-corrected chi connectivity index (χ3v) is 3.14. The molecule has 0 aliphatic rings. The predicted molar refractivity (Wildman–Crippen MR) is 77.5 cm³/mol. The number of ketones is 1. The van der Waals surface area contributed by atoms with Crippen LogP contribution in [0.5, 0.6) is 11.8 Å². The summed E-state index contributed by atoms with van der Waals surface area (Å²) in [5.74, 6) is 0.561. The van der Waals surface area contributed by atoms with E-state index in [1.807, 2.05) is 0 Å². The third-order valence-electron chi connectivity index (χ3n) is 3.14. The van der Waals surface area contributed by atoms with E-state index in [1.165, 1.54) is 46.1 Å². The van der Waals surface area contributed by atoms with Gasteiger partial charge < -0.3 is 9.47 Å². The van der Waals surface area contributed by atoms with Gasteiger partial charge in [0.2, 0.25) is 11.8 Å². The van der Waals surface area contributed by atoms with E-state index in [0.717, 1.165) is 12.8 Å². The zero-order valence-corrected chi connectivity index (χ0v) is 12.6. The first-order chi connectivity index (χ1) is 9.72. The van der Waals surface area contributed by atoms with E-state index in [0.29, 0.717) is 18.0 Å². The summed E-state index contributed by atoms with van der Waals surface area (Å²) in [5.41, 5.74) is 0.293. The highest BCUT2D eigenvalue weighted by molar-refractivity contribution is 5.96. The molecular formula is C15H24N2O3. The highest BCUT2D eigenvalue weighted by Crippen LogP contribution is 2.19. The first kappa shape index (κ1) is 16.4. The molecule has 0 bridgehead atoms. The van der Waals surface area contributed by atoms with Crippen LogP contribution in [0.3, 0.4) is 0 Å². The fraction of sp³-hybridized carbons (Fsp3) is 0.667. The summed E-state index contributed by atoms with van der Waals surface area (Å²) in [4.78, 5) is 20.2. The van der Waals surface area contributed by atoms with Crippen LogP contribution in [0.4, 0.5) is 0 Å². The van der Waals surface area contributed by atoms with Gasteiger partial charge in [0.15, 0.2) is 11.5 Å². The maximum Gasteiger partial charge on any atom is 0.246 e. The number of hydrogen-bond acceptors (Lipinski definition) is 5. The van der Waals surface area contributed by atoms with Crippen LogP contribution in [0.15, 0.2) is 6.20 Å². The quantitative estimate of drug-likeness (QED) is 0.485. The van der Waals surface area contributed by atoms with Crippen molar-refractivity contribution in [3.8, 4) is 11.8 Å². The summed E-state index contributed by atoms with van der Waals surface area (Å²) in [7, 11) is 2.98. The lowest BCUT2D eigenvalue weighted by Gasteiger charge is -2.07. The zero-order chi connectivity index (χ0) is 14.8. The van der Waals surface area contributed by atoms with Gasteiger partial charge >= 0.3 is 0 Å². The van der Waals surface area contributed by atoms with Gasteiger partial charge in [-0.15, -0.1) is 0 Å². The van der Waals surface area contributed by atoms with Gasteiger partial charge in [-0.1, -0.05) is 39.0 Å². The number of Topliss-reactive ketones (excluding diaryl/α,β-unsaturated/α-hetero) is 1. The molecule has 0 spiro atoms. The molecular weight excluding hydrogens is 256 g/mol. The lowest BCUT2D eigenvalue weighted by molar-refractivity contribution is 0.0970. The molecule has 0 aromatic carbocycles. The van der Waals surface area contributed by atoms with E-state index in [2.05, 4.69) is 16.9 Å². The van der Waals surface area contributed by atoms with E-state index in [4.69, 9.17) is 9.47 Å². The summed E-state index contributed by atoms with van der Waals surface area (Å²) in [5, 5.41) is 0. The zero-order valence-electron chi connectivity index (χ0n) is 12.6. The number of rotatable bonds is 10. The number of methoxy groups -OCH3 is 2. The Kier molecular flexibility index (Phi) is 7.62. The van der Waals surface area contributed by atoms with Crippen LogP contribution in [-0.2, 0) is 0 Å². The minimum atomic E-state index is -0.0208. The second-order valence-corrected chi connectivity index (χ2v) is 4.71. The Hall–Kier alpha value is -1.65. The van der Waals surface area contributed by atoms with Crippen molar-refractivity contribution in [1.82, 2.24) is 9.97 Å². The summed E-state index contributed by atoms with van der Waals surface area (Å²) in [6, 6.07) is 0. The van der Waals surface area contributed by atoms with Crippen molar-refractivity contribution in [2.45, 2.75) is 51.9 Å². The molecule has 0 N–H and O–H groups in total. The largest absolute Gasteiger partial charge is 0.480 e. The maximum atomic E-state index is 12.1. The molecule has 112 valence electrons. The van der Waals surface area contributed by atoms with Crippen molar-refractivity contribution < 1.29 is 14.3 Å². The number of carbonyl (C=O) groups excluding carboxylic acids is 1. The normalized spacial score (nSPS) is 10.3. The standard InChI is InChI=1S/C15H24N2O3/c1-4-5-6-7-8-9-10-12(18)14-15(20-3)17-13(19-2)11-16-14/h11H,4-10H2,1-3H3. The van der Waals surface area contributed by atoms with Crippen molar-refractivity contribution in [2.75, 3.05) is 14.2 Å². The number of unbranched alkanes of at least 4 members (excludes halogenated alkanes) is 5. The van der Waals surface area contributed by atoms with Crippen molar-refractivity contribution in [2.24, 2.45) is 0 Å². The van der Waals surface area contributed by atoms with Gasteiger partial charge in [0.05, 0.1) is 20.4 Å². The van der Waals surface area contributed by atoms with Gasteiger partial charge in [-0.25, -0.2) is 4.98 Å². The number of aromatic nitrogens is 2. The maximum absolute atomic E-state index is 12.1. The third kappa shape index (κ3) is 5.15. The van der Waals surface area contributed by atoms with Gasteiger partial charge in [-0.2, -0.15) is 4.98 Å². The van der Waals surface area contributed by atoms with Gasteiger partial charge in [0.1, 0.15) is 0 Å². The molecule has 1 aromatic heterocycles. The minimum absolute atomic E-state index is 0.0208. The van der Waals surface area contributed by atoms with Crippen molar-refractivity contribution >= 4 is 5.78 Å². The second kappa shape index (κ2) is 9.28. The molecule has 5 nitrogen and oxygen atoms in total. The predicted octanol–water partition coefficient (Wildman–Crippen LogP) is 3.43. The SMILES string of the molecule is CCCCCCCCC(=O)c1ncc(OC)nc1OC. The first-order valence-electron chi connectivity index (χ1n) is 7.21. The highest BCUT2D eigenvalue weighted by atomic mass is 16.5. The first-order valence-corrected chi connectivity index (χ1v) is 7.21. The molecule has 0 unspecified atom stereocenters. The number of carbonyl (C=O) groups is 1. The minimum Gasteiger partial charge on any atom is -0.480 e. The second-order valence-electron chi connectivity index (χ2n) is 4.71. The summed E-state index contributed by atoms with van der Waals surface area (Å²) in [6.45, 7) is 2.19. The Morgan fingerprint density at radius 2 is 1.80 bits per heavy atom. The van der Waals surface area contributed by atoms with Crippen LogP contribution in [-0.4, -0.2) is 30.0 Å². The molecule has 0 aliphatic heterocycles. The molecule has 1 rings (SSSR count). The van der Waals surface area contributed by atoms with E-state index in [-0.39, 0.29) is 11.7 Å². The smallest absolute Gasteiger partial charge is 0.246 e. The van der Waals surface area contributed by atoms with Crippen molar-refractivity contribution in [3.63, 3.8) is 0 Å². The Labute approximate surface area is 120 Å². The average Bonchev–Trinajstić information content (AvgIpc) is 2.49. The lowest BCUT2D eigenvalue weighted by Crippen LogP contribution is -2.07. The van der Waals surface area contributed by atoms with Crippen molar-refractivity contribution in [1.29, 1.82) is 0 Å². The number of ether oxygens (including phenoxy) is 2. The Bertz CT molecular complexity index is 422. The highest BCUT2D eigenvalue weighted by Gasteiger charge is 2.16. The average molecular weight is 280 g/mol. The fourth-order valence-corrected chi connectivity index (χ4v) is 1.97. The summed E-state index contributed by atoms with van der Waals surface area (Å²) >= 11 is 0. The van der Waals surface area contributed by atoms with E-state index in [1.54, 1.807) is 0 Å². The molecule has 20 heavy (non-hydrogen) atoms. The van der Waals surface area contributed by atoms with Gasteiger partial charge in [-0.05, 0) is 6.42 Å². The van der Waals surface area contributed by atoms with Crippen LogP contribution >= 0.6 is 0 Å². The molecule has 0 saturated heterocycles. The topological polar surface area (TPSA) is 61.3 Å². The van der Waals surface area contributed by atoms with E-state index in [9.17, 15) is 4.79 Å². The molecule has 0 atom stereocenters.